The Labute approximate surface area is 160 Å². The fraction of sp³-hybridized carbons (Fsp3) is 0.600. The van der Waals surface area contributed by atoms with E-state index in [1.54, 1.807) is 6.92 Å². The average molecular weight is 378 g/mol. The zero-order valence-corrected chi connectivity index (χ0v) is 16.5. The molecule has 0 saturated heterocycles. The highest BCUT2D eigenvalue weighted by atomic mass is 16.5. The molecule has 2 rings (SSSR count). The van der Waals surface area contributed by atoms with Crippen molar-refractivity contribution >= 4 is 12.3 Å². The van der Waals surface area contributed by atoms with Crippen LogP contribution < -0.4 is 0 Å². The van der Waals surface area contributed by atoms with E-state index >= 15 is 0 Å². The fourth-order valence-corrected chi connectivity index (χ4v) is 2.28. The summed E-state index contributed by atoms with van der Waals surface area (Å²) in [6.45, 7) is 6.44. The summed E-state index contributed by atoms with van der Waals surface area (Å²) in [5, 5.41) is 7.72. The van der Waals surface area contributed by atoms with E-state index in [0.717, 1.165) is 56.2 Å². The second kappa shape index (κ2) is 13.7. The number of esters is 1. The molecule has 0 unspecified atom stereocenters. The number of aromatic nitrogens is 2. The molecule has 0 spiro atoms. The number of aldehydes is 1. The molecule has 0 radical (unpaired) electrons. The molecule has 2 aromatic heterocycles. The van der Waals surface area contributed by atoms with Gasteiger partial charge >= 0.3 is 5.97 Å². The van der Waals surface area contributed by atoms with Crippen LogP contribution in [0.5, 0.6) is 0 Å². The van der Waals surface area contributed by atoms with Crippen LogP contribution in [0.4, 0.5) is 0 Å². The van der Waals surface area contributed by atoms with E-state index < -0.39 is 0 Å². The molecule has 7 heteroatoms. The van der Waals surface area contributed by atoms with Crippen LogP contribution >= 0.6 is 0 Å². The van der Waals surface area contributed by atoms with E-state index in [1.807, 2.05) is 12.1 Å². The second-order valence-corrected chi connectivity index (χ2v) is 6.13. The Bertz CT molecular complexity index is 663. The first-order valence-electron chi connectivity index (χ1n) is 9.61. The number of ether oxygens (including phenoxy) is 1. The van der Waals surface area contributed by atoms with Crippen LogP contribution in [0, 0.1) is 0 Å². The number of nitrogens with zero attached hydrogens (tertiary/aromatic N) is 2. The van der Waals surface area contributed by atoms with Gasteiger partial charge in [-0.15, -0.1) is 0 Å². The van der Waals surface area contributed by atoms with Crippen molar-refractivity contribution in [3.05, 3.63) is 35.0 Å². The lowest BCUT2D eigenvalue weighted by atomic mass is 10.2. The zero-order chi connectivity index (χ0) is 19.9. The maximum atomic E-state index is 11.1. The van der Waals surface area contributed by atoms with Crippen LogP contribution in [0.2, 0.25) is 0 Å². The van der Waals surface area contributed by atoms with Gasteiger partial charge in [0, 0.05) is 12.1 Å². The lowest BCUT2D eigenvalue weighted by molar-refractivity contribution is -0.142. The Morgan fingerprint density at radius 2 is 1.56 bits per heavy atom. The number of carbonyl (C=O) groups is 2. The van der Waals surface area contributed by atoms with Crippen molar-refractivity contribution in [2.45, 2.75) is 72.1 Å². The summed E-state index contributed by atoms with van der Waals surface area (Å²) in [6.07, 6.45) is 7.66. The third-order valence-corrected chi connectivity index (χ3v) is 3.70. The van der Waals surface area contributed by atoms with Gasteiger partial charge < -0.3 is 18.6 Å². The standard InChI is InChI=1S/C11H17NO3.C9H13NO2/c1-3-5-6-9-7-10(15-12-9)8-11(13)14-4-2;1-2-3-4-8-7-9(5-6-11)12-10-8/h7H,3-6,8H2,1-2H3;6-7H,2-5H2,1H3. The van der Waals surface area contributed by atoms with Crippen molar-refractivity contribution < 1.29 is 23.4 Å². The summed E-state index contributed by atoms with van der Waals surface area (Å²) in [5.74, 6) is 0.978. The number of unbranched alkanes of at least 4 members (excludes halogenated alkanes) is 2. The molecule has 7 nitrogen and oxygen atoms in total. The van der Waals surface area contributed by atoms with Gasteiger partial charge in [0.25, 0.3) is 0 Å². The van der Waals surface area contributed by atoms with Gasteiger partial charge in [-0.05, 0) is 32.6 Å². The summed E-state index contributed by atoms with van der Waals surface area (Å²) in [7, 11) is 0. The fourth-order valence-electron chi connectivity index (χ4n) is 2.28. The summed E-state index contributed by atoms with van der Waals surface area (Å²) in [6, 6.07) is 3.68. The first-order valence-corrected chi connectivity index (χ1v) is 9.61. The van der Waals surface area contributed by atoms with Gasteiger partial charge in [0.1, 0.15) is 24.2 Å². The zero-order valence-electron chi connectivity index (χ0n) is 16.5. The molecule has 27 heavy (non-hydrogen) atoms. The van der Waals surface area contributed by atoms with Crippen LogP contribution in [-0.2, 0) is 40.0 Å². The van der Waals surface area contributed by atoms with Crippen molar-refractivity contribution in [3.8, 4) is 0 Å². The van der Waals surface area contributed by atoms with E-state index in [1.165, 1.54) is 0 Å². The van der Waals surface area contributed by atoms with Crippen LogP contribution in [0.3, 0.4) is 0 Å². The summed E-state index contributed by atoms with van der Waals surface area (Å²) in [4.78, 5) is 21.2. The maximum absolute atomic E-state index is 11.1. The summed E-state index contributed by atoms with van der Waals surface area (Å²) < 4.78 is 14.8. The predicted octanol–water partition coefficient (Wildman–Crippen LogP) is 3.88. The minimum absolute atomic E-state index is 0.174. The molecule has 0 aromatic carbocycles. The van der Waals surface area contributed by atoms with Gasteiger partial charge in [-0.2, -0.15) is 0 Å². The molecule has 0 saturated carbocycles. The van der Waals surface area contributed by atoms with Gasteiger partial charge in [-0.25, -0.2) is 0 Å². The Balaban J connectivity index is 0.000000277. The number of rotatable bonds is 11. The molecule has 0 aliphatic heterocycles. The third-order valence-electron chi connectivity index (χ3n) is 3.70. The first kappa shape index (κ1) is 22.6. The Morgan fingerprint density at radius 1 is 1.00 bits per heavy atom. The largest absolute Gasteiger partial charge is 0.466 e. The molecule has 0 aliphatic rings. The summed E-state index contributed by atoms with van der Waals surface area (Å²) >= 11 is 0. The quantitative estimate of drug-likeness (QED) is 0.432. The van der Waals surface area contributed by atoms with Crippen molar-refractivity contribution in [3.63, 3.8) is 0 Å². The van der Waals surface area contributed by atoms with E-state index in [4.69, 9.17) is 13.8 Å². The van der Waals surface area contributed by atoms with Crippen molar-refractivity contribution in [2.75, 3.05) is 6.61 Å². The highest BCUT2D eigenvalue weighted by Crippen LogP contribution is 2.08. The summed E-state index contributed by atoms with van der Waals surface area (Å²) in [5.41, 5.74) is 1.87. The topological polar surface area (TPSA) is 95.4 Å². The Kier molecular flexibility index (Phi) is 11.5. The van der Waals surface area contributed by atoms with Gasteiger partial charge in [0.05, 0.1) is 24.4 Å². The Hall–Kier alpha value is -2.44. The average Bonchev–Trinajstić information content (AvgIpc) is 3.28. The minimum Gasteiger partial charge on any atom is -0.466 e. The van der Waals surface area contributed by atoms with E-state index in [2.05, 4.69) is 24.2 Å². The van der Waals surface area contributed by atoms with Gasteiger partial charge in [0.2, 0.25) is 0 Å². The molecule has 0 fully saturated rings. The van der Waals surface area contributed by atoms with Crippen LogP contribution in [0.1, 0.15) is 69.4 Å². The molecule has 150 valence electrons. The number of hydrogen-bond acceptors (Lipinski definition) is 7. The molecule has 2 aromatic rings. The van der Waals surface area contributed by atoms with Crippen LogP contribution in [0.25, 0.3) is 0 Å². The van der Waals surface area contributed by atoms with Crippen LogP contribution in [-0.4, -0.2) is 29.2 Å². The second-order valence-electron chi connectivity index (χ2n) is 6.13. The highest BCUT2D eigenvalue weighted by Gasteiger charge is 2.09. The number of carbonyl (C=O) groups excluding carboxylic acids is 2. The predicted molar refractivity (Wildman–Crippen MR) is 100 cm³/mol. The lowest BCUT2D eigenvalue weighted by Crippen LogP contribution is -2.06. The maximum Gasteiger partial charge on any atom is 0.313 e. The smallest absolute Gasteiger partial charge is 0.313 e. The molecular formula is C20H30N2O5. The first-order chi connectivity index (χ1) is 13.1. The number of hydrogen-bond donors (Lipinski definition) is 0. The minimum atomic E-state index is -0.268. The molecule has 2 heterocycles. The van der Waals surface area contributed by atoms with E-state index in [-0.39, 0.29) is 12.4 Å². The lowest BCUT2D eigenvalue weighted by Gasteiger charge is -1.96. The molecular weight excluding hydrogens is 348 g/mol. The van der Waals surface area contributed by atoms with Gasteiger partial charge in [-0.1, -0.05) is 37.0 Å². The van der Waals surface area contributed by atoms with E-state index in [9.17, 15) is 9.59 Å². The van der Waals surface area contributed by atoms with E-state index in [0.29, 0.717) is 24.5 Å². The van der Waals surface area contributed by atoms with Crippen LogP contribution in [0.15, 0.2) is 21.2 Å². The molecule has 0 aliphatic carbocycles. The van der Waals surface area contributed by atoms with Crippen molar-refractivity contribution in [1.82, 2.24) is 10.3 Å². The van der Waals surface area contributed by atoms with Crippen molar-refractivity contribution in [2.24, 2.45) is 0 Å². The monoisotopic (exact) mass is 378 g/mol. The normalized spacial score (nSPS) is 10.2. The number of aryl methyl sites for hydroxylation is 2. The molecule has 0 atom stereocenters. The third kappa shape index (κ3) is 9.72. The van der Waals surface area contributed by atoms with Gasteiger partial charge in [-0.3, -0.25) is 4.79 Å². The van der Waals surface area contributed by atoms with Gasteiger partial charge in [0.15, 0.2) is 0 Å². The highest BCUT2D eigenvalue weighted by molar-refractivity contribution is 5.71. The van der Waals surface area contributed by atoms with Crippen molar-refractivity contribution in [1.29, 1.82) is 0 Å². The SMILES string of the molecule is CCCCc1cc(CC(=O)OCC)on1.CCCCc1cc(CC=O)on1. The Morgan fingerprint density at radius 3 is 2.07 bits per heavy atom. The molecule has 0 bridgehead atoms. The molecule has 0 N–H and O–H groups in total. The molecule has 0 amide bonds.